The van der Waals surface area contributed by atoms with Crippen LogP contribution in [-0.4, -0.2) is 24.8 Å². The molecule has 0 aromatic heterocycles. The number of esters is 1. The number of ether oxygens (including phenoxy) is 2. The number of hydrogen-bond acceptors (Lipinski definition) is 4. The lowest BCUT2D eigenvalue weighted by Crippen LogP contribution is -2.16. The molecule has 0 aliphatic carbocycles. The van der Waals surface area contributed by atoms with E-state index in [0.29, 0.717) is 11.3 Å². The van der Waals surface area contributed by atoms with Crippen molar-refractivity contribution in [3.05, 3.63) is 54.1 Å². The molecule has 0 radical (unpaired) electrons. The molecule has 0 saturated heterocycles. The smallest absolute Gasteiger partial charge is 0.339 e. The van der Waals surface area contributed by atoms with Crippen LogP contribution in [0.25, 0.3) is 11.1 Å². The van der Waals surface area contributed by atoms with Crippen LogP contribution in [0.1, 0.15) is 18.6 Å². The zero-order valence-corrected chi connectivity index (χ0v) is 12.1. The van der Waals surface area contributed by atoms with Gasteiger partial charge in [-0.05, 0) is 24.1 Å². The molecule has 21 heavy (non-hydrogen) atoms. The molecule has 2 aromatic carbocycles. The molecule has 2 rings (SSSR count). The average Bonchev–Trinajstić information content (AvgIpc) is 2.54. The fourth-order valence-electron chi connectivity index (χ4n) is 2.10. The van der Waals surface area contributed by atoms with Crippen LogP contribution in [0.2, 0.25) is 0 Å². The highest BCUT2D eigenvalue weighted by Crippen LogP contribution is 2.31. The largest absolute Gasteiger partial charge is 0.496 e. The zero-order valence-electron chi connectivity index (χ0n) is 12.1. The third-order valence-electron chi connectivity index (χ3n) is 3.15. The van der Waals surface area contributed by atoms with E-state index in [1.165, 1.54) is 7.11 Å². The molecule has 1 atom stereocenters. The molecule has 0 saturated carbocycles. The highest BCUT2D eigenvalue weighted by Gasteiger charge is 2.22. The van der Waals surface area contributed by atoms with E-state index in [1.54, 1.807) is 19.1 Å². The molecule has 110 valence electrons. The summed E-state index contributed by atoms with van der Waals surface area (Å²) in [7, 11) is 1.51. The van der Waals surface area contributed by atoms with E-state index in [-0.39, 0.29) is 6.61 Å². The van der Waals surface area contributed by atoms with Crippen LogP contribution in [0.4, 0.5) is 0 Å². The standard InChI is InChI=1S/C17H18O4/c1-3-21-17(19)16(18)14-10-9-13(11-15(14)20-2)12-7-5-4-6-8-12/h4-11,16,18H,3H2,1-2H3. The van der Waals surface area contributed by atoms with Gasteiger partial charge < -0.3 is 14.6 Å². The third kappa shape index (κ3) is 3.41. The Morgan fingerprint density at radius 1 is 1.14 bits per heavy atom. The lowest BCUT2D eigenvalue weighted by atomic mass is 10.0. The van der Waals surface area contributed by atoms with Crippen LogP contribution in [0.3, 0.4) is 0 Å². The van der Waals surface area contributed by atoms with Crippen molar-refractivity contribution in [1.82, 2.24) is 0 Å². The first-order valence-corrected chi connectivity index (χ1v) is 6.75. The SMILES string of the molecule is CCOC(=O)C(O)c1ccc(-c2ccccc2)cc1OC. The van der Waals surface area contributed by atoms with Gasteiger partial charge in [0.15, 0.2) is 6.10 Å². The highest BCUT2D eigenvalue weighted by molar-refractivity contribution is 5.78. The van der Waals surface area contributed by atoms with E-state index >= 15 is 0 Å². The van der Waals surface area contributed by atoms with Gasteiger partial charge in [-0.2, -0.15) is 0 Å². The predicted octanol–water partition coefficient (Wildman–Crippen LogP) is 2.96. The van der Waals surface area contributed by atoms with Gasteiger partial charge in [0.05, 0.1) is 13.7 Å². The van der Waals surface area contributed by atoms with E-state index < -0.39 is 12.1 Å². The number of hydrogen-bond donors (Lipinski definition) is 1. The summed E-state index contributed by atoms with van der Waals surface area (Å²) in [5.41, 5.74) is 2.39. The van der Waals surface area contributed by atoms with E-state index in [9.17, 15) is 9.90 Å². The van der Waals surface area contributed by atoms with Gasteiger partial charge in [-0.1, -0.05) is 42.5 Å². The molecule has 4 heteroatoms. The minimum atomic E-state index is -1.34. The van der Waals surface area contributed by atoms with Crippen molar-refractivity contribution in [2.75, 3.05) is 13.7 Å². The number of carbonyl (C=O) groups is 1. The fourth-order valence-corrected chi connectivity index (χ4v) is 2.10. The Morgan fingerprint density at radius 2 is 1.86 bits per heavy atom. The number of benzene rings is 2. The van der Waals surface area contributed by atoms with Crippen LogP contribution in [0.15, 0.2) is 48.5 Å². The fraction of sp³-hybridized carbons (Fsp3) is 0.235. The molecule has 0 amide bonds. The van der Waals surface area contributed by atoms with Gasteiger partial charge in [-0.3, -0.25) is 0 Å². The summed E-state index contributed by atoms with van der Waals surface area (Å²) in [5, 5.41) is 10.0. The van der Waals surface area contributed by atoms with Crippen molar-refractivity contribution in [3.63, 3.8) is 0 Å². The predicted molar refractivity (Wildman–Crippen MR) is 80.0 cm³/mol. The van der Waals surface area contributed by atoms with Crippen LogP contribution < -0.4 is 4.74 Å². The maximum Gasteiger partial charge on any atom is 0.339 e. The molecule has 4 nitrogen and oxygen atoms in total. The van der Waals surface area contributed by atoms with Crippen LogP contribution in [0, 0.1) is 0 Å². The van der Waals surface area contributed by atoms with Crippen molar-refractivity contribution in [2.24, 2.45) is 0 Å². The third-order valence-corrected chi connectivity index (χ3v) is 3.15. The summed E-state index contributed by atoms with van der Waals surface area (Å²) in [6.45, 7) is 1.92. The second kappa shape index (κ2) is 6.90. The summed E-state index contributed by atoms with van der Waals surface area (Å²) in [6.07, 6.45) is -1.34. The van der Waals surface area contributed by atoms with Gasteiger partial charge in [0.25, 0.3) is 0 Å². The minimum absolute atomic E-state index is 0.223. The average molecular weight is 286 g/mol. The molecule has 0 bridgehead atoms. The number of methoxy groups -OCH3 is 1. The molecule has 0 heterocycles. The van der Waals surface area contributed by atoms with Crippen molar-refractivity contribution in [1.29, 1.82) is 0 Å². The van der Waals surface area contributed by atoms with Gasteiger partial charge in [0, 0.05) is 5.56 Å². The molecule has 2 aromatic rings. The molecular weight excluding hydrogens is 268 g/mol. The summed E-state index contributed by atoms with van der Waals surface area (Å²) >= 11 is 0. The van der Waals surface area contributed by atoms with E-state index in [0.717, 1.165) is 11.1 Å². The van der Waals surface area contributed by atoms with Crippen LogP contribution in [0.5, 0.6) is 5.75 Å². The Hall–Kier alpha value is -2.33. The van der Waals surface area contributed by atoms with Gasteiger partial charge >= 0.3 is 5.97 Å². The quantitative estimate of drug-likeness (QED) is 0.859. The lowest BCUT2D eigenvalue weighted by molar-refractivity contribution is -0.153. The molecule has 0 spiro atoms. The topological polar surface area (TPSA) is 55.8 Å². The van der Waals surface area contributed by atoms with Gasteiger partial charge in [-0.15, -0.1) is 0 Å². The number of aliphatic hydroxyl groups excluding tert-OH is 1. The normalized spacial score (nSPS) is 11.8. The monoisotopic (exact) mass is 286 g/mol. The van der Waals surface area contributed by atoms with Crippen LogP contribution >= 0.6 is 0 Å². The number of rotatable bonds is 5. The first-order chi connectivity index (χ1) is 10.2. The number of carbonyl (C=O) groups excluding carboxylic acids is 1. The molecular formula is C17H18O4. The maximum atomic E-state index is 11.6. The molecule has 0 aliphatic rings. The number of aliphatic hydroxyl groups is 1. The Labute approximate surface area is 123 Å². The summed E-state index contributed by atoms with van der Waals surface area (Å²) in [6, 6.07) is 15.1. The maximum absolute atomic E-state index is 11.6. The Morgan fingerprint density at radius 3 is 2.48 bits per heavy atom. The summed E-state index contributed by atoms with van der Waals surface area (Å²) in [4.78, 5) is 11.6. The minimum Gasteiger partial charge on any atom is -0.496 e. The second-order valence-corrected chi connectivity index (χ2v) is 4.48. The Kier molecular flexibility index (Phi) is 4.95. The molecule has 1 unspecified atom stereocenters. The Balaban J connectivity index is 2.35. The van der Waals surface area contributed by atoms with Gasteiger partial charge in [0.2, 0.25) is 0 Å². The van der Waals surface area contributed by atoms with Crippen LogP contribution in [-0.2, 0) is 9.53 Å². The molecule has 0 aliphatic heterocycles. The Bertz CT molecular complexity index is 607. The highest BCUT2D eigenvalue weighted by atomic mass is 16.5. The lowest BCUT2D eigenvalue weighted by Gasteiger charge is -2.15. The zero-order chi connectivity index (χ0) is 15.2. The van der Waals surface area contributed by atoms with Crippen molar-refractivity contribution in [2.45, 2.75) is 13.0 Å². The summed E-state index contributed by atoms with van der Waals surface area (Å²) in [5.74, 6) is -0.222. The van der Waals surface area contributed by atoms with E-state index in [2.05, 4.69) is 0 Å². The first-order valence-electron chi connectivity index (χ1n) is 6.75. The van der Waals surface area contributed by atoms with Gasteiger partial charge in [0.1, 0.15) is 5.75 Å². The first kappa shape index (κ1) is 15.1. The van der Waals surface area contributed by atoms with Crippen molar-refractivity contribution >= 4 is 5.97 Å². The van der Waals surface area contributed by atoms with Gasteiger partial charge in [-0.25, -0.2) is 4.79 Å². The molecule has 1 N–H and O–H groups in total. The summed E-state index contributed by atoms with van der Waals surface area (Å²) < 4.78 is 10.1. The van der Waals surface area contributed by atoms with Crippen molar-refractivity contribution < 1.29 is 19.4 Å². The second-order valence-electron chi connectivity index (χ2n) is 4.48. The van der Waals surface area contributed by atoms with E-state index in [4.69, 9.17) is 9.47 Å². The van der Waals surface area contributed by atoms with E-state index in [1.807, 2.05) is 36.4 Å². The van der Waals surface area contributed by atoms with Crippen molar-refractivity contribution in [3.8, 4) is 16.9 Å². The molecule has 0 fully saturated rings.